The highest BCUT2D eigenvalue weighted by atomic mass is 16.7. The molecule has 6 N–H and O–H groups in total. The zero-order valence-corrected chi connectivity index (χ0v) is 54.6. The molecule has 1 fully saturated rings. The number of amides is 1. The van der Waals surface area contributed by atoms with Gasteiger partial charge in [-0.05, 0) is 109 Å². The normalized spacial score (nSPS) is 19.3. The molecule has 0 radical (unpaired) electrons. The Morgan fingerprint density at radius 2 is 0.828 bits per heavy atom. The maximum Gasteiger partial charge on any atom is 0.306 e. The standard InChI is InChI=1S/C76H123NO10/c1-4-7-10-13-16-19-22-25-27-29-31-32-33-34-35-36-37-38-39-41-43-46-49-52-55-58-61-64-71(81)87-74-73(83)72(82)70(65-78)86-76(74)85-66-67(68(79)62-59-56-53-50-47-44-24-21-18-15-12-9-6-3)77-75(84)69(80)63-60-57-54-51-48-45-42-40-30-28-26-23-20-17-14-11-8-5-2/h7-8,10-11,16-17,19-20,25-28,31-32,34-35,37-38,40,42,48,51,57,59-60,62,67-70,72-74,76,78-80,82-83H,4-6,9,12-15,18,21-24,29-30,33,36,39,41,43-47,49-50,52-56,58,61,63-66H2,1-3H3,(H,77,84)/b10-7-,11-8-,19-16-,20-17-,27-25-,28-26-,32-31-,35-34-,38-37-,42-40-,51-48-,60-57-,62-59+. The van der Waals surface area contributed by atoms with Crippen LogP contribution in [0.4, 0.5) is 0 Å². The highest BCUT2D eigenvalue weighted by Crippen LogP contribution is 2.26. The Morgan fingerprint density at radius 3 is 1.24 bits per heavy atom. The van der Waals surface area contributed by atoms with Crippen LogP contribution in [0.25, 0.3) is 0 Å². The molecule has 0 aromatic heterocycles. The van der Waals surface area contributed by atoms with Gasteiger partial charge in [0.25, 0.3) is 0 Å². The number of nitrogens with one attached hydrogen (secondary N) is 1. The van der Waals surface area contributed by atoms with Crippen LogP contribution in [0.5, 0.6) is 0 Å². The molecule has 0 aromatic carbocycles. The second-order valence-corrected chi connectivity index (χ2v) is 22.8. The molecule has 0 saturated carbocycles. The third kappa shape index (κ3) is 48.8. The van der Waals surface area contributed by atoms with E-state index in [9.17, 15) is 35.1 Å². The van der Waals surface area contributed by atoms with Gasteiger partial charge in [0.1, 0.15) is 24.4 Å². The number of rotatable bonds is 56. The average Bonchev–Trinajstić information content (AvgIpc) is 2.51. The Bertz CT molecular complexity index is 2020. The Labute approximate surface area is 529 Å². The summed E-state index contributed by atoms with van der Waals surface area (Å²) in [7, 11) is 0. The molecule has 0 bridgehead atoms. The molecule has 8 atom stereocenters. The van der Waals surface area contributed by atoms with E-state index in [1.165, 1.54) is 70.6 Å². The second-order valence-electron chi connectivity index (χ2n) is 22.8. The summed E-state index contributed by atoms with van der Waals surface area (Å²) in [5.74, 6) is -1.30. The first kappa shape index (κ1) is 80.3. The van der Waals surface area contributed by atoms with Gasteiger partial charge in [-0.25, -0.2) is 0 Å². The lowest BCUT2D eigenvalue weighted by molar-refractivity contribution is -0.305. The Kier molecular flexibility index (Phi) is 56.8. The van der Waals surface area contributed by atoms with Crippen LogP contribution in [0.1, 0.15) is 245 Å². The molecule has 1 aliphatic heterocycles. The molecule has 0 aromatic rings. The molecule has 0 aliphatic carbocycles. The van der Waals surface area contributed by atoms with Gasteiger partial charge in [-0.3, -0.25) is 9.59 Å². The van der Waals surface area contributed by atoms with Crippen molar-refractivity contribution in [3.63, 3.8) is 0 Å². The van der Waals surface area contributed by atoms with Crippen LogP contribution in [0.3, 0.4) is 0 Å². The predicted molar refractivity (Wildman–Crippen MR) is 365 cm³/mol. The van der Waals surface area contributed by atoms with Gasteiger partial charge >= 0.3 is 5.97 Å². The SMILES string of the molecule is CC/C=C\C/C=C\C/C=C\C/C=C\C/C=C\C/C=C\CCCCCCCCCCC(=O)OC1C(OCC(NC(=O)C(O)C/C=C\C/C=C\C/C=C\C/C=C\C/C=C\C/C=C\CC)C(O)/C=C/CCCCCCCCCCCCC)OC(CO)C(O)C1O. The molecular weight excluding hydrogens is 1090 g/mol. The number of allylic oxidation sites excluding steroid dienone is 24. The van der Waals surface area contributed by atoms with Crippen molar-refractivity contribution < 1.29 is 49.3 Å². The Balaban J connectivity index is 2.66. The summed E-state index contributed by atoms with van der Waals surface area (Å²) in [6.07, 6.45) is 80.1. The van der Waals surface area contributed by atoms with Gasteiger partial charge in [-0.1, -0.05) is 281 Å². The fraction of sp³-hybridized carbons (Fsp3) is 0.632. The Hall–Kier alpha value is -4.72. The first-order valence-corrected chi connectivity index (χ1v) is 34.3. The quantitative estimate of drug-likeness (QED) is 0.0195. The van der Waals surface area contributed by atoms with Crippen molar-refractivity contribution in [1.29, 1.82) is 0 Å². The van der Waals surface area contributed by atoms with Gasteiger partial charge in [0.2, 0.25) is 5.91 Å². The highest BCUT2D eigenvalue weighted by molar-refractivity contribution is 5.81. The van der Waals surface area contributed by atoms with E-state index in [0.29, 0.717) is 12.8 Å². The van der Waals surface area contributed by atoms with E-state index in [1.54, 1.807) is 12.2 Å². The van der Waals surface area contributed by atoms with Gasteiger partial charge in [0, 0.05) is 12.8 Å². The number of aliphatic hydroxyl groups is 5. The Morgan fingerprint density at radius 1 is 0.460 bits per heavy atom. The van der Waals surface area contributed by atoms with E-state index < -0.39 is 67.4 Å². The van der Waals surface area contributed by atoms with E-state index in [1.807, 2.05) is 18.2 Å². The van der Waals surface area contributed by atoms with Gasteiger partial charge < -0.3 is 45.1 Å². The van der Waals surface area contributed by atoms with Crippen molar-refractivity contribution in [3.05, 3.63) is 158 Å². The van der Waals surface area contributed by atoms with Crippen LogP contribution in [-0.4, -0.2) is 99.6 Å². The molecule has 11 nitrogen and oxygen atoms in total. The molecule has 1 amide bonds. The summed E-state index contributed by atoms with van der Waals surface area (Å²) in [6.45, 7) is 5.51. The minimum atomic E-state index is -1.64. The lowest BCUT2D eigenvalue weighted by Gasteiger charge is -2.41. The second kappa shape index (κ2) is 61.5. The molecule has 1 heterocycles. The van der Waals surface area contributed by atoms with Gasteiger partial charge in [0.15, 0.2) is 12.4 Å². The van der Waals surface area contributed by atoms with Crippen LogP contribution in [0.15, 0.2) is 158 Å². The number of carbonyl (C=O) groups is 2. The molecule has 1 aliphatic rings. The lowest BCUT2D eigenvalue weighted by Crippen LogP contribution is -2.61. The summed E-state index contributed by atoms with van der Waals surface area (Å²) in [6, 6.07) is -1.08. The molecular formula is C76H123NO10. The molecule has 492 valence electrons. The van der Waals surface area contributed by atoms with Gasteiger partial charge in [-0.15, -0.1) is 0 Å². The summed E-state index contributed by atoms with van der Waals surface area (Å²) in [5, 5.41) is 57.1. The van der Waals surface area contributed by atoms with Crippen molar-refractivity contribution in [2.45, 2.75) is 294 Å². The summed E-state index contributed by atoms with van der Waals surface area (Å²) < 4.78 is 17.6. The highest BCUT2D eigenvalue weighted by Gasteiger charge is 2.47. The van der Waals surface area contributed by atoms with Crippen LogP contribution >= 0.6 is 0 Å². The molecule has 8 unspecified atom stereocenters. The molecule has 87 heavy (non-hydrogen) atoms. The van der Waals surface area contributed by atoms with E-state index in [-0.39, 0.29) is 19.4 Å². The number of esters is 1. The summed E-state index contributed by atoms with van der Waals surface area (Å²) >= 11 is 0. The maximum absolute atomic E-state index is 13.4. The maximum atomic E-state index is 13.4. The van der Waals surface area contributed by atoms with Gasteiger partial charge in [0.05, 0.1) is 25.4 Å². The molecule has 0 spiro atoms. The predicted octanol–water partition coefficient (Wildman–Crippen LogP) is 17.5. The van der Waals surface area contributed by atoms with Crippen LogP contribution in [0, 0.1) is 0 Å². The summed E-state index contributed by atoms with van der Waals surface area (Å²) in [4.78, 5) is 26.6. The smallest absolute Gasteiger partial charge is 0.306 e. The number of unbranched alkanes of at least 4 members (excludes halogenated alkanes) is 19. The number of carbonyl (C=O) groups excluding carboxylic acids is 2. The van der Waals surface area contributed by atoms with Gasteiger partial charge in [-0.2, -0.15) is 0 Å². The largest absolute Gasteiger partial charge is 0.454 e. The fourth-order valence-electron chi connectivity index (χ4n) is 9.61. The topological polar surface area (TPSA) is 175 Å². The van der Waals surface area contributed by atoms with E-state index in [4.69, 9.17) is 14.2 Å². The lowest BCUT2D eigenvalue weighted by atomic mass is 9.99. The van der Waals surface area contributed by atoms with Crippen molar-refractivity contribution in [2.24, 2.45) is 0 Å². The van der Waals surface area contributed by atoms with Crippen molar-refractivity contribution in [3.8, 4) is 0 Å². The molecule has 1 rings (SSSR count). The number of hydrogen-bond acceptors (Lipinski definition) is 10. The monoisotopic (exact) mass is 1210 g/mol. The van der Waals surface area contributed by atoms with Crippen LogP contribution < -0.4 is 5.32 Å². The fourth-order valence-corrected chi connectivity index (χ4v) is 9.61. The van der Waals surface area contributed by atoms with Crippen molar-refractivity contribution in [1.82, 2.24) is 5.32 Å². The number of ether oxygens (including phenoxy) is 3. The van der Waals surface area contributed by atoms with Crippen LogP contribution in [0.2, 0.25) is 0 Å². The van der Waals surface area contributed by atoms with E-state index in [0.717, 1.165) is 128 Å². The van der Waals surface area contributed by atoms with Crippen molar-refractivity contribution in [2.75, 3.05) is 13.2 Å². The zero-order valence-electron chi connectivity index (χ0n) is 54.6. The number of hydrogen-bond donors (Lipinski definition) is 6. The first-order chi connectivity index (χ1) is 42.7. The molecule has 11 heteroatoms. The zero-order chi connectivity index (χ0) is 63.1. The van der Waals surface area contributed by atoms with E-state index in [2.05, 4.69) is 154 Å². The summed E-state index contributed by atoms with van der Waals surface area (Å²) in [5.41, 5.74) is 0. The van der Waals surface area contributed by atoms with E-state index >= 15 is 0 Å². The first-order valence-electron chi connectivity index (χ1n) is 34.3. The third-order valence-corrected chi connectivity index (χ3v) is 14.9. The average molecular weight is 1210 g/mol. The third-order valence-electron chi connectivity index (χ3n) is 14.9. The van der Waals surface area contributed by atoms with Crippen molar-refractivity contribution >= 4 is 11.9 Å². The minimum Gasteiger partial charge on any atom is -0.454 e. The molecule has 1 saturated heterocycles. The minimum absolute atomic E-state index is 0.0489. The number of aliphatic hydroxyl groups excluding tert-OH is 5. The van der Waals surface area contributed by atoms with Crippen LogP contribution in [-0.2, 0) is 23.8 Å².